The zero-order valence-electron chi connectivity index (χ0n) is 59.6. The monoisotopic (exact) mass is 1280 g/mol. The molecule has 2 atom stereocenters. The van der Waals surface area contributed by atoms with E-state index in [0.29, 0.717) is 6.42 Å². The van der Waals surface area contributed by atoms with E-state index in [0.717, 1.165) is 64.2 Å². The molecular weight excluding hydrogens is 1130 g/mol. The molecule has 2 unspecified atom stereocenters. The SMILES string of the molecule is CC/C=C\C/C=C\C/C=C\C/C=C\C/C=C\CCCCCCCCCCCCCCCCCCCCCCCCCC(=O)OC(COC(=O)CCCCCCCCCCCCCCCCCCCCCCCCCCCCCCCC)COP(=O)(O)OCCN. The van der Waals surface area contributed by atoms with Crippen LogP contribution in [-0.4, -0.2) is 49.3 Å². The van der Waals surface area contributed by atoms with Crippen molar-refractivity contribution in [1.29, 1.82) is 0 Å². The molecule has 528 valence electrons. The van der Waals surface area contributed by atoms with Crippen LogP contribution >= 0.6 is 7.82 Å². The number of phosphoric ester groups is 1. The zero-order chi connectivity index (χ0) is 65.1. The van der Waals surface area contributed by atoms with Crippen molar-refractivity contribution in [1.82, 2.24) is 0 Å². The predicted molar refractivity (Wildman–Crippen MR) is 390 cm³/mol. The number of ether oxygens (including phenoxy) is 2. The van der Waals surface area contributed by atoms with E-state index in [1.807, 2.05) is 0 Å². The highest BCUT2D eigenvalue weighted by molar-refractivity contribution is 7.47. The topological polar surface area (TPSA) is 134 Å². The van der Waals surface area contributed by atoms with Crippen molar-refractivity contribution >= 4 is 19.8 Å². The summed E-state index contributed by atoms with van der Waals surface area (Å²) >= 11 is 0. The van der Waals surface area contributed by atoms with E-state index >= 15 is 0 Å². The minimum absolute atomic E-state index is 0.0560. The first-order valence-corrected chi connectivity index (χ1v) is 40.8. The van der Waals surface area contributed by atoms with Gasteiger partial charge in [0, 0.05) is 19.4 Å². The standard InChI is InChI=1S/C80H150NO8P/c1-3-5-7-9-11-13-15-17-19-21-23-25-27-29-31-33-35-36-37-38-39-40-41-42-43-45-47-49-51-53-55-57-59-61-63-65-67-69-71-73-80(83)89-78(77-88-90(84,85)87-75-74-81)76-86-79(82)72-70-68-66-64-62-60-58-56-54-52-50-48-46-44-34-32-30-28-26-24-22-20-18-16-14-12-10-8-6-4-2/h5,7,11,13,17,19,23,25,29,31,78H,3-4,6,8-10,12,14-16,18,20-22,24,26-28,30,32-77,81H2,1-2H3,(H,84,85)/b7-5-,13-11-,19-17-,25-23-,31-29-. The third-order valence-electron chi connectivity index (χ3n) is 17.7. The summed E-state index contributed by atoms with van der Waals surface area (Å²) in [5.74, 6) is -0.802. The highest BCUT2D eigenvalue weighted by Crippen LogP contribution is 2.43. The van der Waals surface area contributed by atoms with Gasteiger partial charge in [0.05, 0.1) is 13.2 Å². The second-order valence-electron chi connectivity index (χ2n) is 26.6. The Hall–Kier alpha value is -2.29. The Labute approximate surface area is 559 Å². The lowest BCUT2D eigenvalue weighted by molar-refractivity contribution is -0.161. The maximum atomic E-state index is 12.8. The lowest BCUT2D eigenvalue weighted by atomic mass is 10.0. The molecule has 0 heterocycles. The fraction of sp³-hybridized carbons (Fsp3) is 0.850. The van der Waals surface area contributed by atoms with Crippen molar-refractivity contribution in [2.24, 2.45) is 5.73 Å². The summed E-state index contributed by atoms with van der Waals surface area (Å²) in [5, 5.41) is 0. The van der Waals surface area contributed by atoms with E-state index in [1.54, 1.807) is 0 Å². The Morgan fingerprint density at radius 1 is 0.344 bits per heavy atom. The summed E-state index contributed by atoms with van der Waals surface area (Å²) in [6.07, 6.45) is 99.3. The molecule has 9 nitrogen and oxygen atoms in total. The molecule has 0 aliphatic carbocycles. The second kappa shape index (κ2) is 75.7. The number of hydrogen-bond acceptors (Lipinski definition) is 8. The number of hydrogen-bond donors (Lipinski definition) is 2. The number of nitrogens with two attached hydrogens (primary N) is 1. The Balaban J connectivity index is 3.76. The fourth-order valence-electron chi connectivity index (χ4n) is 11.9. The van der Waals surface area contributed by atoms with E-state index < -0.39 is 26.5 Å². The van der Waals surface area contributed by atoms with Crippen LogP contribution in [0.25, 0.3) is 0 Å². The number of carbonyl (C=O) groups is 2. The van der Waals surface area contributed by atoms with Gasteiger partial charge >= 0.3 is 19.8 Å². The first kappa shape index (κ1) is 87.7. The van der Waals surface area contributed by atoms with E-state index in [2.05, 4.69) is 74.6 Å². The van der Waals surface area contributed by atoms with Crippen LogP contribution in [-0.2, 0) is 32.7 Å². The molecule has 90 heavy (non-hydrogen) atoms. The Kier molecular flexibility index (Phi) is 73.8. The molecule has 0 saturated carbocycles. The average Bonchev–Trinajstić information content (AvgIpc) is 3.75. The van der Waals surface area contributed by atoms with Crippen LogP contribution in [0, 0.1) is 0 Å². The molecular formula is C80H150NO8P. The minimum atomic E-state index is -4.39. The zero-order valence-corrected chi connectivity index (χ0v) is 60.5. The maximum Gasteiger partial charge on any atom is 0.472 e. The van der Waals surface area contributed by atoms with Gasteiger partial charge in [0.2, 0.25) is 0 Å². The van der Waals surface area contributed by atoms with Gasteiger partial charge in [-0.3, -0.25) is 18.6 Å². The number of unbranched alkanes of at least 4 members (excludes halogenated alkanes) is 52. The second-order valence-corrected chi connectivity index (χ2v) is 28.0. The Morgan fingerprint density at radius 2 is 0.611 bits per heavy atom. The number of phosphoric acid groups is 1. The smallest absolute Gasteiger partial charge is 0.462 e. The molecule has 0 aliphatic heterocycles. The first-order valence-electron chi connectivity index (χ1n) is 39.3. The Morgan fingerprint density at radius 3 is 0.911 bits per heavy atom. The van der Waals surface area contributed by atoms with Gasteiger partial charge in [-0.05, 0) is 57.8 Å². The van der Waals surface area contributed by atoms with Crippen LogP contribution in [0.1, 0.15) is 406 Å². The maximum absolute atomic E-state index is 12.8. The molecule has 0 aromatic heterocycles. The van der Waals surface area contributed by atoms with Crippen LogP contribution in [0.3, 0.4) is 0 Å². The summed E-state index contributed by atoms with van der Waals surface area (Å²) in [7, 11) is -4.39. The van der Waals surface area contributed by atoms with Crippen molar-refractivity contribution in [2.45, 2.75) is 412 Å². The molecule has 3 N–H and O–H groups in total. The van der Waals surface area contributed by atoms with Crippen LogP contribution < -0.4 is 5.73 Å². The number of allylic oxidation sites excluding steroid dienone is 10. The molecule has 0 aromatic carbocycles. The van der Waals surface area contributed by atoms with Crippen molar-refractivity contribution < 1.29 is 37.6 Å². The molecule has 0 spiro atoms. The molecule has 0 fully saturated rings. The van der Waals surface area contributed by atoms with Crippen LogP contribution in [0.2, 0.25) is 0 Å². The van der Waals surface area contributed by atoms with Gasteiger partial charge in [-0.15, -0.1) is 0 Å². The molecule has 10 heteroatoms. The van der Waals surface area contributed by atoms with Gasteiger partial charge in [0.15, 0.2) is 6.10 Å². The Bertz CT molecular complexity index is 1660. The summed E-state index contributed by atoms with van der Waals surface area (Å²) in [6, 6.07) is 0. The molecule has 0 amide bonds. The molecule has 0 aromatic rings. The minimum Gasteiger partial charge on any atom is -0.462 e. The highest BCUT2D eigenvalue weighted by Gasteiger charge is 2.26. The van der Waals surface area contributed by atoms with Crippen molar-refractivity contribution in [2.75, 3.05) is 26.4 Å². The highest BCUT2D eigenvalue weighted by atomic mass is 31.2. The molecule has 0 rings (SSSR count). The van der Waals surface area contributed by atoms with Crippen LogP contribution in [0.5, 0.6) is 0 Å². The van der Waals surface area contributed by atoms with Crippen molar-refractivity contribution in [3.63, 3.8) is 0 Å². The molecule has 0 radical (unpaired) electrons. The summed E-state index contributed by atoms with van der Waals surface area (Å²) < 4.78 is 33.3. The van der Waals surface area contributed by atoms with Crippen LogP contribution in [0.15, 0.2) is 60.8 Å². The van der Waals surface area contributed by atoms with E-state index in [4.69, 9.17) is 24.3 Å². The van der Waals surface area contributed by atoms with E-state index in [-0.39, 0.29) is 38.6 Å². The number of rotatable bonds is 75. The van der Waals surface area contributed by atoms with Crippen LogP contribution in [0.4, 0.5) is 0 Å². The molecule has 0 bridgehead atoms. The van der Waals surface area contributed by atoms with Gasteiger partial charge < -0.3 is 20.1 Å². The average molecular weight is 1290 g/mol. The molecule has 0 saturated heterocycles. The lowest BCUT2D eigenvalue weighted by Crippen LogP contribution is -2.29. The first-order chi connectivity index (χ1) is 44.3. The quantitative estimate of drug-likeness (QED) is 0.0264. The van der Waals surface area contributed by atoms with Gasteiger partial charge in [0.1, 0.15) is 6.61 Å². The number of carbonyl (C=O) groups excluding carboxylic acids is 2. The summed E-state index contributed by atoms with van der Waals surface area (Å²) in [4.78, 5) is 35.4. The normalized spacial score (nSPS) is 13.2. The third kappa shape index (κ3) is 74.7. The van der Waals surface area contributed by atoms with Crippen molar-refractivity contribution in [3.05, 3.63) is 60.8 Å². The van der Waals surface area contributed by atoms with Gasteiger partial charge in [-0.25, -0.2) is 4.57 Å². The summed E-state index contributed by atoms with van der Waals surface area (Å²) in [6.45, 7) is 3.71. The molecule has 0 aliphatic rings. The van der Waals surface area contributed by atoms with E-state index in [1.165, 1.54) is 308 Å². The lowest BCUT2D eigenvalue weighted by Gasteiger charge is -2.19. The fourth-order valence-corrected chi connectivity index (χ4v) is 12.7. The number of esters is 2. The van der Waals surface area contributed by atoms with E-state index in [9.17, 15) is 19.0 Å². The van der Waals surface area contributed by atoms with Crippen molar-refractivity contribution in [3.8, 4) is 0 Å². The predicted octanol–water partition coefficient (Wildman–Crippen LogP) is 26.2. The largest absolute Gasteiger partial charge is 0.472 e. The summed E-state index contributed by atoms with van der Waals surface area (Å²) in [5.41, 5.74) is 5.41. The van der Waals surface area contributed by atoms with Gasteiger partial charge in [-0.2, -0.15) is 0 Å². The van der Waals surface area contributed by atoms with Gasteiger partial charge in [-0.1, -0.05) is 396 Å². The third-order valence-corrected chi connectivity index (χ3v) is 18.7. The van der Waals surface area contributed by atoms with Gasteiger partial charge in [0.25, 0.3) is 0 Å².